The van der Waals surface area contributed by atoms with Gasteiger partial charge >= 0.3 is 0 Å². The fourth-order valence-electron chi connectivity index (χ4n) is 1.50. The summed E-state index contributed by atoms with van der Waals surface area (Å²) in [5, 5.41) is 3.44. The number of rotatable bonds is 5. The predicted octanol–water partition coefficient (Wildman–Crippen LogP) is 1.87. The number of nitrogens with zero attached hydrogens (tertiary/aromatic N) is 2. The van der Waals surface area contributed by atoms with Gasteiger partial charge in [-0.1, -0.05) is 20.3 Å². The highest BCUT2D eigenvalue weighted by Gasteiger charge is 2.10. The van der Waals surface area contributed by atoms with E-state index in [-0.39, 0.29) is 0 Å². The molecule has 0 aromatic carbocycles. The molecule has 3 nitrogen and oxygen atoms in total. The van der Waals surface area contributed by atoms with E-state index in [1.54, 1.807) is 0 Å². The largest absolute Gasteiger partial charge is 0.340 e. The highest BCUT2D eigenvalue weighted by molar-refractivity contribution is 5.03. The number of hydrogen-bond acceptors (Lipinski definition) is 2. The lowest BCUT2D eigenvalue weighted by atomic mass is 10.1. The molecule has 0 saturated carbocycles. The van der Waals surface area contributed by atoms with Gasteiger partial charge in [-0.2, -0.15) is 0 Å². The number of aryl methyl sites for hydroxylation is 1. The Labute approximate surface area is 80.2 Å². The van der Waals surface area contributed by atoms with Crippen molar-refractivity contribution in [1.29, 1.82) is 0 Å². The normalized spacial score (nSPS) is 13.2. The first-order valence-corrected chi connectivity index (χ1v) is 4.99. The van der Waals surface area contributed by atoms with Gasteiger partial charge in [0.1, 0.15) is 0 Å². The molecule has 1 aromatic heterocycles. The van der Waals surface area contributed by atoms with E-state index in [9.17, 15) is 0 Å². The smallest absolute Gasteiger partial charge is 0.0947 e. The molecular weight excluding hydrogens is 162 g/mol. The molecule has 0 saturated heterocycles. The van der Waals surface area contributed by atoms with Crippen LogP contribution in [-0.4, -0.2) is 16.1 Å². The molecule has 1 aromatic rings. The molecular formula is C10H19N3. The zero-order chi connectivity index (χ0) is 9.68. The minimum atomic E-state index is 0.427. The van der Waals surface area contributed by atoms with Crippen LogP contribution >= 0.6 is 0 Å². The molecule has 1 heterocycles. The molecule has 0 amide bonds. The lowest BCUT2D eigenvalue weighted by molar-refractivity contribution is 0.499. The molecule has 13 heavy (non-hydrogen) atoms. The quantitative estimate of drug-likeness (QED) is 0.751. The van der Waals surface area contributed by atoms with Gasteiger partial charge in [-0.3, -0.25) is 0 Å². The molecule has 0 radical (unpaired) electrons. The topological polar surface area (TPSA) is 29.9 Å². The second-order valence-electron chi connectivity index (χ2n) is 3.36. The zero-order valence-corrected chi connectivity index (χ0v) is 8.75. The lowest BCUT2D eigenvalue weighted by Crippen LogP contribution is -2.20. The fourth-order valence-corrected chi connectivity index (χ4v) is 1.50. The van der Waals surface area contributed by atoms with Crippen molar-refractivity contribution in [1.82, 2.24) is 14.9 Å². The van der Waals surface area contributed by atoms with Crippen molar-refractivity contribution in [2.24, 2.45) is 7.05 Å². The van der Waals surface area contributed by atoms with Gasteiger partial charge in [0.05, 0.1) is 18.1 Å². The van der Waals surface area contributed by atoms with Crippen LogP contribution in [0, 0.1) is 0 Å². The Morgan fingerprint density at radius 2 is 2.31 bits per heavy atom. The van der Waals surface area contributed by atoms with E-state index in [0.717, 1.165) is 18.7 Å². The maximum atomic E-state index is 4.35. The summed E-state index contributed by atoms with van der Waals surface area (Å²) in [7, 11) is 2.01. The summed E-state index contributed by atoms with van der Waals surface area (Å²) in [4.78, 5) is 4.35. The van der Waals surface area contributed by atoms with E-state index in [2.05, 4.69) is 30.3 Å². The second-order valence-corrected chi connectivity index (χ2v) is 3.36. The van der Waals surface area contributed by atoms with Crippen molar-refractivity contribution in [3.05, 3.63) is 18.2 Å². The van der Waals surface area contributed by atoms with Crippen LogP contribution in [0.15, 0.2) is 12.5 Å². The standard InChI is InChI=1S/C10H19N3/c1-4-6-9(11-5-2)10-7-13(3)8-12-10/h7-9,11H,4-6H2,1-3H3. The minimum Gasteiger partial charge on any atom is -0.340 e. The van der Waals surface area contributed by atoms with Gasteiger partial charge in [-0.25, -0.2) is 4.98 Å². The molecule has 0 spiro atoms. The first-order chi connectivity index (χ1) is 6.27. The van der Waals surface area contributed by atoms with Gasteiger partial charge in [0.2, 0.25) is 0 Å². The Balaban J connectivity index is 2.63. The molecule has 0 aliphatic rings. The number of aromatic nitrogens is 2. The molecule has 1 N–H and O–H groups in total. The van der Waals surface area contributed by atoms with Crippen LogP contribution in [0.2, 0.25) is 0 Å². The molecule has 74 valence electrons. The SMILES string of the molecule is CCCC(NCC)c1cn(C)cn1. The summed E-state index contributed by atoms with van der Waals surface area (Å²) in [5.74, 6) is 0. The lowest BCUT2D eigenvalue weighted by Gasteiger charge is -2.13. The average Bonchev–Trinajstić information content (AvgIpc) is 2.51. The van der Waals surface area contributed by atoms with Crippen molar-refractivity contribution < 1.29 is 0 Å². The number of imidazole rings is 1. The molecule has 3 heteroatoms. The summed E-state index contributed by atoms with van der Waals surface area (Å²) in [6, 6.07) is 0.427. The van der Waals surface area contributed by atoms with Crippen molar-refractivity contribution in [2.45, 2.75) is 32.7 Å². The maximum absolute atomic E-state index is 4.35. The third-order valence-corrected chi connectivity index (χ3v) is 2.11. The molecule has 0 aliphatic carbocycles. The summed E-state index contributed by atoms with van der Waals surface area (Å²) in [5.41, 5.74) is 1.16. The van der Waals surface area contributed by atoms with E-state index < -0.39 is 0 Å². The number of nitrogens with one attached hydrogen (secondary N) is 1. The van der Waals surface area contributed by atoms with Crippen LogP contribution in [0.1, 0.15) is 38.4 Å². The molecule has 1 rings (SSSR count). The van der Waals surface area contributed by atoms with E-state index in [1.807, 2.05) is 17.9 Å². The van der Waals surface area contributed by atoms with Crippen LogP contribution < -0.4 is 5.32 Å². The van der Waals surface area contributed by atoms with Crippen molar-refractivity contribution >= 4 is 0 Å². The summed E-state index contributed by atoms with van der Waals surface area (Å²) in [6.45, 7) is 5.33. The van der Waals surface area contributed by atoms with E-state index >= 15 is 0 Å². The van der Waals surface area contributed by atoms with Gasteiger partial charge in [-0.05, 0) is 13.0 Å². The first kappa shape index (κ1) is 10.3. The highest BCUT2D eigenvalue weighted by Crippen LogP contribution is 2.15. The summed E-state index contributed by atoms with van der Waals surface area (Å²) < 4.78 is 2.00. The Hall–Kier alpha value is -0.830. The van der Waals surface area contributed by atoms with Crippen LogP contribution in [0.3, 0.4) is 0 Å². The van der Waals surface area contributed by atoms with Crippen LogP contribution in [-0.2, 0) is 7.05 Å². The molecule has 0 aliphatic heterocycles. The molecule has 0 fully saturated rings. The Morgan fingerprint density at radius 3 is 2.77 bits per heavy atom. The van der Waals surface area contributed by atoms with Crippen molar-refractivity contribution in [3.8, 4) is 0 Å². The van der Waals surface area contributed by atoms with Gasteiger partial charge in [0, 0.05) is 13.2 Å². The molecule has 0 bridgehead atoms. The monoisotopic (exact) mass is 181 g/mol. The van der Waals surface area contributed by atoms with Gasteiger partial charge in [0.25, 0.3) is 0 Å². The van der Waals surface area contributed by atoms with Crippen molar-refractivity contribution in [3.63, 3.8) is 0 Å². The van der Waals surface area contributed by atoms with Gasteiger partial charge < -0.3 is 9.88 Å². The highest BCUT2D eigenvalue weighted by atomic mass is 15.0. The predicted molar refractivity (Wildman–Crippen MR) is 54.5 cm³/mol. The van der Waals surface area contributed by atoms with Crippen LogP contribution in [0.25, 0.3) is 0 Å². The maximum Gasteiger partial charge on any atom is 0.0947 e. The summed E-state index contributed by atoms with van der Waals surface area (Å²) >= 11 is 0. The number of hydrogen-bond donors (Lipinski definition) is 1. The van der Waals surface area contributed by atoms with E-state index in [1.165, 1.54) is 6.42 Å². The van der Waals surface area contributed by atoms with Crippen molar-refractivity contribution in [2.75, 3.05) is 6.54 Å². The fraction of sp³-hybridized carbons (Fsp3) is 0.700. The molecule has 1 atom stereocenters. The third kappa shape index (κ3) is 2.84. The Kier molecular flexibility index (Phi) is 3.96. The average molecular weight is 181 g/mol. The van der Waals surface area contributed by atoms with E-state index in [4.69, 9.17) is 0 Å². The van der Waals surface area contributed by atoms with Crippen LogP contribution in [0.5, 0.6) is 0 Å². The van der Waals surface area contributed by atoms with E-state index in [0.29, 0.717) is 6.04 Å². The third-order valence-electron chi connectivity index (χ3n) is 2.11. The van der Waals surface area contributed by atoms with Crippen LogP contribution in [0.4, 0.5) is 0 Å². The summed E-state index contributed by atoms with van der Waals surface area (Å²) in [6.07, 6.45) is 6.29. The molecule has 1 unspecified atom stereocenters. The second kappa shape index (κ2) is 5.02. The Morgan fingerprint density at radius 1 is 1.54 bits per heavy atom. The Bertz CT molecular complexity index is 236. The van der Waals surface area contributed by atoms with Gasteiger partial charge in [-0.15, -0.1) is 0 Å². The zero-order valence-electron chi connectivity index (χ0n) is 8.75. The minimum absolute atomic E-state index is 0.427. The van der Waals surface area contributed by atoms with Gasteiger partial charge in [0.15, 0.2) is 0 Å². The first-order valence-electron chi connectivity index (χ1n) is 4.99.